The van der Waals surface area contributed by atoms with E-state index in [-0.39, 0.29) is 16.8 Å². The molecule has 0 spiro atoms. The molecule has 1 aliphatic rings. The van der Waals surface area contributed by atoms with E-state index >= 15 is 0 Å². The second-order valence-corrected chi connectivity index (χ2v) is 7.90. The van der Waals surface area contributed by atoms with Crippen molar-refractivity contribution in [3.63, 3.8) is 0 Å². The molecule has 1 aliphatic heterocycles. The summed E-state index contributed by atoms with van der Waals surface area (Å²) in [5.41, 5.74) is -0.0924. The quantitative estimate of drug-likeness (QED) is 0.777. The van der Waals surface area contributed by atoms with Crippen LogP contribution < -0.4 is 10.2 Å². The lowest BCUT2D eigenvalue weighted by molar-refractivity contribution is 0.00578. The number of rotatable bonds is 2. The molecule has 0 N–H and O–H groups in total. The summed E-state index contributed by atoms with van der Waals surface area (Å²) in [5.74, 6) is 0.671. The first-order valence-electron chi connectivity index (χ1n) is 7.25. The first-order chi connectivity index (χ1) is 9.41. The van der Waals surface area contributed by atoms with Crippen molar-refractivity contribution in [1.29, 1.82) is 0 Å². The Morgan fingerprint density at radius 3 is 2.00 bits per heavy atom. The fourth-order valence-corrected chi connectivity index (χ4v) is 2.28. The highest BCUT2D eigenvalue weighted by Gasteiger charge is 2.51. The van der Waals surface area contributed by atoms with Crippen LogP contribution in [0.1, 0.15) is 48.5 Å². The van der Waals surface area contributed by atoms with Gasteiger partial charge in [-0.3, -0.25) is 0 Å². The van der Waals surface area contributed by atoms with E-state index in [2.05, 4.69) is 0 Å². The molecule has 0 radical (unpaired) electrons. The Morgan fingerprint density at radius 1 is 1.05 bits per heavy atom. The summed E-state index contributed by atoms with van der Waals surface area (Å²) in [5, 5.41) is 0.567. The molecule has 1 fully saturated rings. The molecule has 1 saturated heterocycles. The first kappa shape index (κ1) is 16.7. The first-order valence-corrected chi connectivity index (χ1v) is 7.63. The van der Waals surface area contributed by atoms with Gasteiger partial charge in [0.25, 0.3) is 0 Å². The molecule has 116 valence electrons. The summed E-state index contributed by atoms with van der Waals surface area (Å²) >= 11 is 6.32. The van der Waals surface area contributed by atoms with E-state index in [1.54, 1.807) is 0 Å². The summed E-state index contributed by atoms with van der Waals surface area (Å²) in [6.07, 6.45) is 0. The molecule has 5 heteroatoms. The molecule has 1 heterocycles. The molecule has 2 rings (SSSR count). The van der Waals surface area contributed by atoms with Crippen LogP contribution in [0.2, 0.25) is 5.02 Å². The van der Waals surface area contributed by atoms with E-state index in [1.807, 2.05) is 66.7 Å². The van der Waals surface area contributed by atoms with E-state index in [1.165, 1.54) is 0 Å². The normalized spacial score (nSPS) is 20.7. The van der Waals surface area contributed by atoms with E-state index < -0.39 is 7.12 Å². The molecule has 0 aromatic heterocycles. The maximum Gasteiger partial charge on any atom is 0.494 e. The smallest absolute Gasteiger partial charge is 0.487 e. The van der Waals surface area contributed by atoms with Gasteiger partial charge in [0.05, 0.1) is 16.2 Å². The van der Waals surface area contributed by atoms with Crippen molar-refractivity contribution >= 4 is 24.2 Å². The molecule has 1 aromatic rings. The molecule has 1 aromatic carbocycles. The summed E-state index contributed by atoms with van der Waals surface area (Å²) < 4.78 is 17.9. The van der Waals surface area contributed by atoms with Crippen molar-refractivity contribution in [2.45, 2.75) is 65.3 Å². The average molecular weight is 311 g/mol. The number of halogens is 1. The second kappa shape index (κ2) is 5.18. The predicted molar refractivity (Wildman–Crippen MR) is 87.5 cm³/mol. The SMILES string of the molecule is CC(C)(C)Oc1ccc(B2OC(C)(C)C(C)(C)O2)cc1Cl. The van der Waals surface area contributed by atoms with Gasteiger partial charge in [0.15, 0.2) is 0 Å². The minimum Gasteiger partial charge on any atom is -0.487 e. The number of benzene rings is 1. The maximum atomic E-state index is 6.32. The van der Waals surface area contributed by atoms with Gasteiger partial charge in [-0.15, -0.1) is 0 Å². The van der Waals surface area contributed by atoms with Crippen LogP contribution in [0.5, 0.6) is 5.75 Å². The van der Waals surface area contributed by atoms with Crippen LogP contribution in [0.4, 0.5) is 0 Å². The average Bonchev–Trinajstić information content (AvgIpc) is 2.49. The Bertz CT molecular complexity index is 519. The number of hydrogen-bond donors (Lipinski definition) is 0. The molecule has 3 nitrogen and oxygen atoms in total. The molecule has 0 aliphatic carbocycles. The fraction of sp³-hybridized carbons (Fsp3) is 0.625. The van der Waals surface area contributed by atoms with E-state index in [4.69, 9.17) is 25.6 Å². The monoisotopic (exact) mass is 310 g/mol. The Kier molecular flexibility index (Phi) is 4.11. The predicted octanol–water partition coefficient (Wildman–Crippen LogP) is 3.82. The topological polar surface area (TPSA) is 27.7 Å². The minimum atomic E-state index is -0.406. The van der Waals surface area contributed by atoms with Gasteiger partial charge in [0.1, 0.15) is 11.4 Å². The number of hydrogen-bond acceptors (Lipinski definition) is 3. The standard InChI is InChI=1S/C16H24BClO3/c1-14(2,3)19-13-9-8-11(10-12(13)18)17-20-15(4,5)16(6,7)21-17/h8-10H,1-7H3. The highest BCUT2D eigenvalue weighted by atomic mass is 35.5. The van der Waals surface area contributed by atoms with Gasteiger partial charge >= 0.3 is 7.12 Å². The third kappa shape index (κ3) is 3.55. The molecule has 21 heavy (non-hydrogen) atoms. The van der Waals surface area contributed by atoms with Gasteiger partial charge in [0.2, 0.25) is 0 Å². The highest BCUT2D eigenvalue weighted by Crippen LogP contribution is 2.37. The van der Waals surface area contributed by atoms with Crippen molar-refractivity contribution < 1.29 is 14.0 Å². The molecule has 0 atom stereocenters. The fourth-order valence-electron chi connectivity index (χ4n) is 2.06. The van der Waals surface area contributed by atoms with Crippen LogP contribution in [0, 0.1) is 0 Å². The second-order valence-electron chi connectivity index (χ2n) is 7.49. The van der Waals surface area contributed by atoms with Crippen molar-refractivity contribution in [1.82, 2.24) is 0 Å². The Morgan fingerprint density at radius 2 is 1.57 bits per heavy atom. The lowest BCUT2D eigenvalue weighted by atomic mass is 9.79. The van der Waals surface area contributed by atoms with Crippen LogP contribution in [0.3, 0.4) is 0 Å². The molecular weight excluding hydrogens is 286 g/mol. The Balaban J connectivity index is 2.22. The zero-order valence-electron chi connectivity index (χ0n) is 13.9. The lowest BCUT2D eigenvalue weighted by Gasteiger charge is -2.32. The van der Waals surface area contributed by atoms with Crippen molar-refractivity contribution in [2.75, 3.05) is 0 Å². The van der Waals surface area contributed by atoms with Crippen LogP contribution >= 0.6 is 11.6 Å². The molecule has 0 bridgehead atoms. The highest BCUT2D eigenvalue weighted by molar-refractivity contribution is 6.62. The largest absolute Gasteiger partial charge is 0.494 e. The summed E-state index contributed by atoms with van der Waals surface area (Å²) in [7, 11) is -0.406. The zero-order valence-corrected chi connectivity index (χ0v) is 14.7. The summed E-state index contributed by atoms with van der Waals surface area (Å²) in [4.78, 5) is 0. The van der Waals surface area contributed by atoms with Crippen LogP contribution in [0.25, 0.3) is 0 Å². The zero-order chi connectivity index (χ0) is 16.1. The third-order valence-electron chi connectivity index (χ3n) is 3.90. The number of ether oxygens (including phenoxy) is 1. The molecule has 0 amide bonds. The van der Waals surface area contributed by atoms with Gasteiger partial charge < -0.3 is 14.0 Å². The minimum absolute atomic E-state index is 0.282. The van der Waals surface area contributed by atoms with Crippen molar-refractivity contribution in [3.05, 3.63) is 23.2 Å². The van der Waals surface area contributed by atoms with Crippen LogP contribution in [0.15, 0.2) is 18.2 Å². The summed E-state index contributed by atoms with van der Waals surface area (Å²) in [6.45, 7) is 14.1. The Hall–Kier alpha value is -0.705. The lowest BCUT2D eigenvalue weighted by Crippen LogP contribution is -2.41. The van der Waals surface area contributed by atoms with Gasteiger partial charge in [-0.2, -0.15) is 0 Å². The third-order valence-corrected chi connectivity index (χ3v) is 4.19. The van der Waals surface area contributed by atoms with Crippen LogP contribution in [-0.4, -0.2) is 23.9 Å². The van der Waals surface area contributed by atoms with E-state index in [0.29, 0.717) is 10.8 Å². The molecule has 0 saturated carbocycles. The maximum absolute atomic E-state index is 6.32. The van der Waals surface area contributed by atoms with Gasteiger partial charge in [-0.25, -0.2) is 0 Å². The summed E-state index contributed by atoms with van der Waals surface area (Å²) in [6, 6.07) is 5.66. The molecular formula is C16H24BClO3. The van der Waals surface area contributed by atoms with Crippen molar-refractivity contribution in [3.8, 4) is 5.75 Å². The Labute approximate surface area is 133 Å². The van der Waals surface area contributed by atoms with Crippen molar-refractivity contribution in [2.24, 2.45) is 0 Å². The van der Waals surface area contributed by atoms with Gasteiger partial charge in [-0.05, 0) is 66.1 Å². The van der Waals surface area contributed by atoms with E-state index in [0.717, 1.165) is 5.46 Å². The van der Waals surface area contributed by atoms with Gasteiger partial charge in [-0.1, -0.05) is 17.7 Å². The van der Waals surface area contributed by atoms with Crippen LogP contribution in [-0.2, 0) is 9.31 Å². The molecule has 0 unspecified atom stereocenters. The van der Waals surface area contributed by atoms with Gasteiger partial charge in [0, 0.05) is 0 Å². The van der Waals surface area contributed by atoms with E-state index in [9.17, 15) is 0 Å².